The van der Waals surface area contributed by atoms with E-state index in [2.05, 4.69) is 9.89 Å². The first kappa shape index (κ1) is 15.5. The summed E-state index contributed by atoms with van der Waals surface area (Å²) in [5, 5.41) is 0. The van der Waals surface area contributed by atoms with Crippen molar-refractivity contribution in [1.29, 1.82) is 0 Å². The highest BCUT2D eigenvalue weighted by atomic mass is 19.1. The number of nitrogens with zero attached hydrogens (tertiary/aromatic N) is 3. The molecule has 23 heavy (non-hydrogen) atoms. The lowest BCUT2D eigenvalue weighted by Crippen LogP contribution is -2.18. The maximum absolute atomic E-state index is 14.3. The van der Waals surface area contributed by atoms with Crippen LogP contribution in [0.25, 0.3) is 0 Å². The van der Waals surface area contributed by atoms with E-state index in [9.17, 15) is 4.39 Å². The van der Waals surface area contributed by atoms with Gasteiger partial charge in [-0.05, 0) is 54.8 Å². The molecule has 1 aliphatic rings. The summed E-state index contributed by atoms with van der Waals surface area (Å²) in [5.41, 5.74) is 3.47. The van der Waals surface area contributed by atoms with E-state index in [0.717, 1.165) is 42.9 Å². The Morgan fingerprint density at radius 1 is 1.04 bits per heavy atom. The van der Waals surface area contributed by atoms with Gasteiger partial charge < -0.3 is 9.80 Å². The van der Waals surface area contributed by atoms with Crippen LogP contribution < -0.4 is 9.80 Å². The normalized spacial score (nSPS) is 14.7. The summed E-state index contributed by atoms with van der Waals surface area (Å²) in [6.45, 7) is 1.89. The van der Waals surface area contributed by atoms with Crippen LogP contribution in [0.5, 0.6) is 0 Å². The number of aliphatic imine (C=N–C) groups is 1. The first-order valence-corrected chi connectivity index (χ1v) is 7.99. The molecule has 120 valence electrons. The van der Waals surface area contributed by atoms with E-state index < -0.39 is 0 Å². The topological polar surface area (TPSA) is 18.8 Å². The van der Waals surface area contributed by atoms with E-state index in [-0.39, 0.29) is 5.82 Å². The van der Waals surface area contributed by atoms with Crippen LogP contribution in [-0.2, 0) is 0 Å². The van der Waals surface area contributed by atoms with E-state index in [4.69, 9.17) is 0 Å². The maximum atomic E-state index is 14.3. The van der Waals surface area contributed by atoms with Gasteiger partial charge >= 0.3 is 0 Å². The number of halogens is 1. The summed E-state index contributed by atoms with van der Waals surface area (Å²) in [5.74, 6) is -0.168. The molecule has 0 saturated carbocycles. The second-order valence-corrected chi connectivity index (χ2v) is 6.07. The standard InChI is InChI=1S/C19H22FN3/c1-22(2)17-8-6-16(7-9-17)21-14-15-5-10-19(18(20)13-15)23-11-3-4-12-23/h5-10,13-14H,3-4,11-12H2,1-2H3. The largest absolute Gasteiger partial charge is 0.378 e. The minimum atomic E-state index is -0.168. The van der Waals surface area contributed by atoms with E-state index >= 15 is 0 Å². The van der Waals surface area contributed by atoms with Gasteiger partial charge in [0.1, 0.15) is 5.82 Å². The minimum absolute atomic E-state index is 0.168. The average Bonchev–Trinajstić information content (AvgIpc) is 3.07. The van der Waals surface area contributed by atoms with E-state index in [1.165, 1.54) is 0 Å². The molecule has 0 N–H and O–H groups in total. The molecule has 0 atom stereocenters. The lowest BCUT2D eigenvalue weighted by atomic mass is 10.2. The quantitative estimate of drug-likeness (QED) is 0.786. The average molecular weight is 311 g/mol. The van der Waals surface area contributed by atoms with Crippen LogP contribution in [0.1, 0.15) is 18.4 Å². The third kappa shape index (κ3) is 3.70. The van der Waals surface area contributed by atoms with Gasteiger partial charge in [0.15, 0.2) is 0 Å². The van der Waals surface area contributed by atoms with Crippen molar-refractivity contribution < 1.29 is 4.39 Å². The summed E-state index contributed by atoms with van der Waals surface area (Å²) < 4.78 is 14.3. The molecule has 2 aromatic carbocycles. The molecule has 3 rings (SSSR count). The number of rotatable bonds is 4. The summed E-state index contributed by atoms with van der Waals surface area (Å²) in [4.78, 5) is 8.57. The molecule has 1 aliphatic heterocycles. The second-order valence-electron chi connectivity index (χ2n) is 6.07. The van der Waals surface area contributed by atoms with E-state index in [0.29, 0.717) is 5.69 Å². The van der Waals surface area contributed by atoms with Crippen molar-refractivity contribution >= 4 is 23.3 Å². The Morgan fingerprint density at radius 3 is 2.35 bits per heavy atom. The van der Waals surface area contributed by atoms with Gasteiger partial charge in [-0.2, -0.15) is 0 Å². The third-order valence-electron chi connectivity index (χ3n) is 4.15. The van der Waals surface area contributed by atoms with Gasteiger partial charge in [0.2, 0.25) is 0 Å². The van der Waals surface area contributed by atoms with Gasteiger partial charge in [0.05, 0.1) is 11.4 Å². The number of anilines is 2. The van der Waals surface area contributed by atoms with Crippen LogP contribution >= 0.6 is 0 Å². The smallest absolute Gasteiger partial charge is 0.147 e. The van der Waals surface area contributed by atoms with Crippen molar-refractivity contribution in [2.24, 2.45) is 4.99 Å². The fourth-order valence-corrected chi connectivity index (χ4v) is 2.80. The van der Waals surface area contributed by atoms with E-state index in [1.54, 1.807) is 12.3 Å². The van der Waals surface area contributed by atoms with Crippen molar-refractivity contribution in [3.05, 3.63) is 53.8 Å². The zero-order chi connectivity index (χ0) is 16.2. The SMILES string of the molecule is CN(C)c1ccc(N=Cc2ccc(N3CCCC3)c(F)c2)cc1. The first-order valence-electron chi connectivity index (χ1n) is 7.99. The molecular formula is C19H22FN3. The van der Waals surface area contributed by atoms with Gasteiger partial charge in [-0.25, -0.2) is 4.39 Å². The molecule has 2 aromatic rings. The molecule has 0 radical (unpaired) electrons. The molecule has 0 amide bonds. The Labute approximate surface area is 137 Å². The van der Waals surface area contributed by atoms with Gasteiger partial charge in [-0.1, -0.05) is 6.07 Å². The zero-order valence-electron chi connectivity index (χ0n) is 13.7. The van der Waals surface area contributed by atoms with Crippen LogP contribution in [0.3, 0.4) is 0 Å². The van der Waals surface area contributed by atoms with Crippen molar-refractivity contribution in [2.45, 2.75) is 12.8 Å². The summed E-state index contributed by atoms with van der Waals surface area (Å²) in [6.07, 6.45) is 4.00. The minimum Gasteiger partial charge on any atom is -0.378 e. The molecule has 0 aliphatic carbocycles. The Bertz CT molecular complexity index is 686. The molecule has 3 nitrogen and oxygen atoms in total. The Morgan fingerprint density at radius 2 is 1.74 bits per heavy atom. The monoisotopic (exact) mass is 311 g/mol. The summed E-state index contributed by atoms with van der Waals surface area (Å²) >= 11 is 0. The van der Waals surface area contributed by atoms with Gasteiger partial charge in [0.25, 0.3) is 0 Å². The number of hydrogen-bond acceptors (Lipinski definition) is 3. The van der Waals surface area contributed by atoms with Crippen molar-refractivity contribution in [3.8, 4) is 0 Å². The van der Waals surface area contributed by atoms with Gasteiger partial charge in [-0.15, -0.1) is 0 Å². The molecule has 0 aromatic heterocycles. The van der Waals surface area contributed by atoms with Gasteiger partial charge in [-0.3, -0.25) is 4.99 Å². The lowest BCUT2D eigenvalue weighted by Gasteiger charge is -2.18. The fourth-order valence-electron chi connectivity index (χ4n) is 2.80. The summed E-state index contributed by atoms with van der Waals surface area (Å²) in [6, 6.07) is 13.3. The molecule has 1 fully saturated rings. The van der Waals surface area contributed by atoms with Gasteiger partial charge in [0, 0.05) is 39.1 Å². The first-order chi connectivity index (χ1) is 11.1. The Kier molecular flexibility index (Phi) is 4.60. The predicted octanol–water partition coefficient (Wildman–Crippen LogP) is 4.24. The van der Waals surface area contributed by atoms with E-state index in [1.807, 2.05) is 55.4 Å². The van der Waals surface area contributed by atoms with Crippen LogP contribution in [0.15, 0.2) is 47.5 Å². The second kappa shape index (κ2) is 6.82. The maximum Gasteiger partial charge on any atom is 0.147 e. The summed E-state index contributed by atoms with van der Waals surface area (Å²) in [7, 11) is 4.01. The van der Waals surface area contributed by atoms with Crippen LogP contribution in [0.4, 0.5) is 21.5 Å². The van der Waals surface area contributed by atoms with Crippen LogP contribution in [0, 0.1) is 5.82 Å². The zero-order valence-corrected chi connectivity index (χ0v) is 13.7. The Balaban J connectivity index is 1.73. The molecular weight excluding hydrogens is 289 g/mol. The van der Waals surface area contributed by atoms with Crippen LogP contribution in [0.2, 0.25) is 0 Å². The fraction of sp³-hybridized carbons (Fsp3) is 0.316. The molecule has 4 heteroatoms. The highest BCUT2D eigenvalue weighted by Gasteiger charge is 2.15. The number of benzene rings is 2. The van der Waals surface area contributed by atoms with Crippen molar-refractivity contribution in [2.75, 3.05) is 37.0 Å². The van der Waals surface area contributed by atoms with Crippen molar-refractivity contribution in [3.63, 3.8) is 0 Å². The molecule has 0 spiro atoms. The lowest BCUT2D eigenvalue weighted by molar-refractivity contribution is 0.623. The molecule has 0 bridgehead atoms. The highest BCUT2D eigenvalue weighted by molar-refractivity contribution is 5.82. The van der Waals surface area contributed by atoms with Crippen LogP contribution in [-0.4, -0.2) is 33.4 Å². The Hall–Kier alpha value is -2.36. The van der Waals surface area contributed by atoms with Crippen molar-refractivity contribution in [1.82, 2.24) is 0 Å². The molecule has 1 heterocycles. The molecule has 1 saturated heterocycles. The number of hydrogen-bond donors (Lipinski definition) is 0. The third-order valence-corrected chi connectivity index (χ3v) is 4.15. The highest BCUT2D eigenvalue weighted by Crippen LogP contribution is 2.24. The predicted molar refractivity (Wildman–Crippen MR) is 95.9 cm³/mol. The molecule has 0 unspecified atom stereocenters.